The van der Waals surface area contributed by atoms with Gasteiger partial charge in [-0.25, -0.2) is 0 Å². The summed E-state index contributed by atoms with van der Waals surface area (Å²) in [7, 11) is 0. The molecule has 0 bridgehead atoms. The minimum Gasteiger partial charge on any atom is -0.396 e. The smallest absolute Gasteiger partial charge is 0.0474 e. The van der Waals surface area contributed by atoms with Crippen LogP contribution in [-0.2, 0) is 0 Å². The van der Waals surface area contributed by atoms with Gasteiger partial charge in [-0.05, 0) is 19.3 Å². The van der Waals surface area contributed by atoms with Crippen molar-refractivity contribution in [2.24, 2.45) is 5.92 Å². The summed E-state index contributed by atoms with van der Waals surface area (Å²) in [6, 6.07) is 0.980. The quantitative estimate of drug-likeness (QED) is 0.559. The lowest BCUT2D eigenvalue weighted by atomic mass is 9.95. The maximum absolute atomic E-state index is 9.10. The Labute approximate surface area is 74.5 Å². The number of hydrogen-bond acceptors (Lipinski definition) is 3. The first-order chi connectivity index (χ1) is 5.77. The molecule has 1 heterocycles. The molecule has 3 unspecified atom stereocenters. The van der Waals surface area contributed by atoms with Gasteiger partial charge in [0.15, 0.2) is 0 Å². The predicted octanol–water partition coefficient (Wildman–Crippen LogP) is -0.0452. The van der Waals surface area contributed by atoms with Crippen molar-refractivity contribution >= 4 is 0 Å². The van der Waals surface area contributed by atoms with E-state index in [1.165, 1.54) is 0 Å². The van der Waals surface area contributed by atoms with Gasteiger partial charge in [0, 0.05) is 31.8 Å². The van der Waals surface area contributed by atoms with Crippen LogP contribution in [0, 0.1) is 5.92 Å². The molecule has 72 valence electrons. The molecule has 0 radical (unpaired) electrons. The summed E-state index contributed by atoms with van der Waals surface area (Å²) in [5.74, 6) is 0.403. The van der Waals surface area contributed by atoms with Crippen molar-refractivity contribution < 1.29 is 5.11 Å². The average molecular weight is 172 g/mol. The Bertz CT molecular complexity index is 126. The highest BCUT2D eigenvalue weighted by Crippen LogP contribution is 2.10. The van der Waals surface area contributed by atoms with Crippen LogP contribution in [0.4, 0.5) is 0 Å². The van der Waals surface area contributed by atoms with Gasteiger partial charge in [0.2, 0.25) is 0 Å². The molecule has 1 saturated heterocycles. The van der Waals surface area contributed by atoms with E-state index >= 15 is 0 Å². The fourth-order valence-electron chi connectivity index (χ4n) is 1.78. The van der Waals surface area contributed by atoms with Gasteiger partial charge >= 0.3 is 0 Å². The van der Waals surface area contributed by atoms with Gasteiger partial charge in [-0.3, -0.25) is 0 Å². The number of nitrogens with one attached hydrogen (secondary N) is 2. The third kappa shape index (κ3) is 2.44. The van der Waals surface area contributed by atoms with Gasteiger partial charge in [0.25, 0.3) is 0 Å². The van der Waals surface area contributed by atoms with Crippen molar-refractivity contribution in [3.63, 3.8) is 0 Å². The molecule has 3 N–H and O–H groups in total. The van der Waals surface area contributed by atoms with Gasteiger partial charge < -0.3 is 15.7 Å². The summed E-state index contributed by atoms with van der Waals surface area (Å²) in [4.78, 5) is 0. The molecule has 0 aliphatic carbocycles. The zero-order chi connectivity index (χ0) is 8.97. The van der Waals surface area contributed by atoms with Crippen molar-refractivity contribution in [1.82, 2.24) is 10.6 Å². The van der Waals surface area contributed by atoms with E-state index in [9.17, 15) is 0 Å². The molecule has 0 aromatic carbocycles. The Morgan fingerprint density at radius 2 is 2.25 bits per heavy atom. The molecular weight excluding hydrogens is 152 g/mol. The monoisotopic (exact) mass is 172 g/mol. The van der Waals surface area contributed by atoms with E-state index in [-0.39, 0.29) is 0 Å². The molecule has 0 amide bonds. The van der Waals surface area contributed by atoms with Crippen molar-refractivity contribution in [3.05, 3.63) is 0 Å². The number of aliphatic hydroxyl groups excluding tert-OH is 1. The third-order valence-corrected chi connectivity index (χ3v) is 2.64. The third-order valence-electron chi connectivity index (χ3n) is 2.64. The normalized spacial score (nSPS) is 33.2. The highest BCUT2D eigenvalue weighted by atomic mass is 16.3. The minimum absolute atomic E-state index is 0.294. The Kier molecular flexibility index (Phi) is 3.98. The first-order valence-electron chi connectivity index (χ1n) is 4.85. The SMILES string of the molecule is CCC(CO)C1CNCC(C)N1. The maximum Gasteiger partial charge on any atom is 0.0474 e. The van der Waals surface area contributed by atoms with Crippen molar-refractivity contribution in [1.29, 1.82) is 0 Å². The van der Waals surface area contributed by atoms with Crippen molar-refractivity contribution in [2.45, 2.75) is 32.4 Å². The lowest BCUT2D eigenvalue weighted by molar-refractivity contribution is 0.165. The molecule has 0 spiro atoms. The van der Waals surface area contributed by atoms with Crippen LogP contribution < -0.4 is 10.6 Å². The van der Waals surface area contributed by atoms with Crippen LogP contribution in [0.5, 0.6) is 0 Å². The summed E-state index contributed by atoms with van der Waals surface area (Å²) in [6.07, 6.45) is 1.04. The first-order valence-corrected chi connectivity index (χ1v) is 4.85. The second kappa shape index (κ2) is 4.80. The minimum atomic E-state index is 0.294. The van der Waals surface area contributed by atoms with E-state index in [2.05, 4.69) is 24.5 Å². The van der Waals surface area contributed by atoms with Crippen molar-refractivity contribution in [2.75, 3.05) is 19.7 Å². The Hall–Kier alpha value is -0.120. The van der Waals surface area contributed by atoms with Crippen LogP contribution in [0.1, 0.15) is 20.3 Å². The van der Waals surface area contributed by atoms with Gasteiger partial charge in [0.05, 0.1) is 0 Å². The van der Waals surface area contributed by atoms with Crippen molar-refractivity contribution in [3.8, 4) is 0 Å². The van der Waals surface area contributed by atoms with E-state index in [0.717, 1.165) is 19.5 Å². The fourth-order valence-corrected chi connectivity index (χ4v) is 1.78. The summed E-state index contributed by atoms with van der Waals surface area (Å²) in [5.41, 5.74) is 0. The topological polar surface area (TPSA) is 44.3 Å². The second-order valence-electron chi connectivity index (χ2n) is 3.68. The summed E-state index contributed by atoms with van der Waals surface area (Å²) < 4.78 is 0. The molecule has 1 aliphatic heterocycles. The van der Waals surface area contributed by atoms with E-state index in [4.69, 9.17) is 5.11 Å². The average Bonchev–Trinajstić information content (AvgIpc) is 2.07. The Morgan fingerprint density at radius 3 is 2.75 bits per heavy atom. The van der Waals surface area contributed by atoms with Crippen LogP contribution in [0.15, 0.2) is 0 Å². The maximum atomic E-state index is 9.10. The fraction of sp³-hybridized carbons (Fsp3) is 1.00. The molecule has 3 nitrogen and oxygen atoms in total. The zero-order valence-corrected chi connectivity index (χ0v) is 8.01. The molecule has 1 aliphatic rings. The van der Waals surface area contributed by atoms with Crippen LogP contribution in [-0.4, -0.2) is 36.9 Å². The molecule has 1 fully saturated rings. The molecular formula is C9H20N2O. The molecule has 3 atom stereocenters. The molecule has 12 heavy (non-hydrogen) atoms. The van der Waals surface area contributed by atoms with E-state index in [1.807, 2.05) is 0 Å². The zero-order valence-electron chi connectivity index (χ0n) is 8.01. The molecule has 3 heteroatoms. The van der Waals surface area contributed by atoms with Crippen LogP contribution in [0.25, 0.3) is 0 Å². The van der Waals surface area contributed by atoms with Gasteiger partial charge in [0.1, 0.15) is 0 Å². The highest BCUT2D eigenvalue weighted by Gasteiger charge is 2.23. The van der Waals surface area contributed by atoms with E-state index < -0.39 is 0 Å². The van der Waals surface area contributed by atoms with Crippen LogP contribution >= 0.6 is 0 Å². The van der Waals surface area contributed by atoms with E-state index in [0.29, 0.717) is 24.6 Å². The number of aliphatic hydroxyl groups is 1. The number of hydrogen-bond donors (Lipinski definition) is 3. The lowest BCUT2D eigenvalue weighted by Crippen LogP contribution is -2.56. The van der Waals surface area contributed by atoms with Gasteiger partial charge in [-0.2, -0.15) is 0 Å². The van der Waals surface area contributed by atoms with Gasteiger partial charge in [-0.15, -0.1) is 0 Å². The second-order valence-corrected chi connectivity index (χ2v) is 3.68. The molecule has 1 rings (SSSR count). The predicted molar refractivity (Wildman–Crippen MR) is 50.1 cm³/mol. The highest BCUT2D eigenvalue weighted by molar-refractivity contribution is 4.85. The largest absolute Gasteiger partial charge is 0.396 e. The molecule has 0 aromatic heterocycles. The summed E-state index contributed by atoms with van der Waals surface area (Å²) in [5, 5.41) is 16.0. The number of piperazine rings is 1. The summed E-state index contributed by atoms with van der Waals surface area (Å²) in [6.45, 7) is 6.62. The summed E-state index contributed by atoms with van der Waals surface area (Å²) >= 11 is 0. The Morgan fingerprint density at radius 1 is 1.50 bits per heavy atom. The lowest BCUT2D eigenvalue weighted by Gasteiger charge is -2.34. The van der Waals surface area contributed by atoms with Crippen LogP contribution in [0.3, 0.4) is 0 Å². The Balaban J connectivity index is 2.38. The van der Waals surface area contributed by atoms with E-state index in [1.54, 1.807) is 0 Å². The number of rotatable bonds is 3. The van der Waals surface area contributed by atoms with Crippen LogP contribution in [0.2, 0.25) is 0 Å². The molecule has 0 aromatic rings. The van der Waals surface area contributed by atoms with Gasteiger partial charge in [-0.1, -0.05) is 6.92 Å². The first kappa shape index (κ1) is 9.96. The standard InChI is InChI=1S/C9H20N2O/c1-3-8(6-12)9-5-10-4-7(2)11-9/h7-12H,3-6H2,1-2H3. The molecule has 0 saturated carbocycles.